The summed E-state index contributed by atoms with van der Waals surface area (Å²) in [5, 5.41) is 2.45. The molecule has 1 aromatic rings. The van der Waals surface area contributed by atoms with Gasteiger partial charge in [-0.15, -0.1) is 0 Å². The molecule has 0 spiro atoms. The summed E-state index contributed by atoms with van der Waals surface area (Å²) in [5.74, 6) is -3.32. The van der Waals surface area contributed by atoms with E-state index < -0.39 is 23.6 Å². The van der Waals surface area contributed by atoms with Crippen LogP contribution in [0.2, 0.25) is 0 Å². The normalized spacial score (nSPS) is 18.0. The molecule has 94 valence electrons. The van der Waals surface area contributed by atoms with Crippen molar-refractivity contribution < 1.29 is 19.1 Å². The molecule has 1 unspecified atom stereocenters. The molecule has 1 aliphatic heterocycles. The van der Waals surface area contributed by atoms with E-state index in [0.717, 1.165) is 0 Å². The summed E-state index contributed by atoms with van der Waals surface area (Å²) in [5.41, 5.74) is 0.912. The maximum Gasteiger partial charge on any atom is 0.326 e. The van der Waals surface area contributed by atoms with Crippen LogP contribution in [0.3, 0.4) is 0 Å². The Morgan fingerprint density at radius 3 is 2.83 bits per heavy atom. The Labute approximate surface area is 103 Å². The van der Waals surface area contributed by atoms with E-state index in [9.17, 15) is 14.4 Å². The number of ketones is 1. The Balaban J connectivity index is 2.39. The number of rotatable bonds is 2. The summed E-state index contributed by atoms with van der Waals surface area (Å²) in [7, 11) is 0. The number of hydrogen-bond acceptors (Lipinski definition) is 5. The van der Waals surface area contributed by atoms with E-state index in [1.807, 2.05) is 0 Å². The van der Waals surface area contributed by atoms with E-state index in [-0.39, 0.29) is 18.0 Å². The largest absolute Gasteiger partial charge is 0.465 e. The number of ether oxygens (including phenoxy) is 1. The number of esters is 1. The lowest BCUT2D eigenvalue weighted by Gasteiger charge is -2.21. The van der Waals surface area contributed by atoms with Crippen LogP contribution >= 0.6 is 0 Å². The molecule has 2 heterocycles. The maximum absolute atomic E-state index is 12.1. The van der Waals surface area contributed by atoms with Crippen LogP contribution in [-0.4, -0.2) is 29.3 Å². The lowest BCUT2D eigenvalue weighted by Crippen LogP contribution is -2.41. The molecular formula is C12H12N2O4. The van der Waals surface area contributed by atoms with Crippen LogP contribution in [0.25, 0.3) is 0 Å². The van der Waals surface area contributed by atoms with Gasteiger partial charge in [0.25, 0.3) is 0 Å². The zero-order valence-electron chi connectivity index (χ0n) is 10.0. The van der Waals surface area contributed by atoms with Crippen LogP contribution in [-0.2, 0) is 14.3 Å². The lowest BCUT2D eigenvalue weighted by atomic mass is 9.93. The summed E-state index contributed by atoms with van der Waals surface area (Å²) < 4.78 is 4.72. The SMILES string of the molecule is CCOC(=O)C1C(=O)Nc2nc(C)ccc2C1=O. The van der Waals surface area contributed by atoms with Crippen molar-refractivity contribution in [3.8, 4) is 0 Å². The second kappa shape index (κ2) is 4.56. The number of aromatic nitrogens is 1. The molecule has 2 rings (SSSR count). The molecule has 0 saturated heterocycles. The fraction of sp³-hybridized carbons (Fsp3) is 0.333. The van der Waals surface area contributed by atoms with Gasteiger partial charge in [0.15, 0.2) is 11.7 Å². The first-order chi connectivity index (χ1) is 8.54. The van der Waals surface area contributed by atoms with Gasteiger partial charge in [0, 0.05) is 5.69 Å². The third kappa shape index (κ3) is 1.97. The van der Waals surface area contributed by atoms with E-state index in [1.165, 1.54) is 0 Å². The summed E-state index contributed by atoms with van der Waals surface area (Å²) in [6, 6.07) is 3.20. The molecule has 6 nitrogen and oxygen atoms in total. The van der Waals surface area contributed by atoms with Gasteiger partial charge in [0.1, 0.15) is 5.82 Å². The zero-order valence-corrected chi connectivity index (χ0v) is 10.0. The Bertz CT molecular complexity index is 539. The molecule has 0 radical (unpaired) electrons. The number of nitrogens with one attached hydrogen (secondary N) is 1. The topological polar surface area (TPSA) is 85.4 Å². The number of Topliss-reactive ketones (excluding diaryl/α,β-unsaturated/α-hetero) is 1. The van der Waals surface area contributed by atoms with Gasteiger partial charge in [-0.05, 0) is 26.0 Å². The van der Waals surface area contributed by atoms with Gasteiger partial charge < -0.3 is 10.1 Å². The van der Waals surface area contributed by atoms with Crippen molar-refractivity contribution in [2.24, 2.45) is 5.92 Å². The summed E-state index contributed by atoms with van der Waals surface area (Å²) in [6.07, 6.45) is 0. The molecule has 6 heteroatoms. The predicted molar refractivity (Wildman–Crippen MR) is 62.1 cm³/mol. The fourth-order valence-electron chi connectivity index (χ4n) is 1.75. The van der Waals surface area contributed by atoms with E-state index in [4.69, 9.17) is 4.74 Å². The maximum atomic E-state index is 12.1. The number of aryl methyl sites for hydroxylation is 1. The van der Waals surface area contributed by atoms with Gasteiger partial charge in [-0.3, -0.25) is 14.4 Å². The second-order valence-corrected chi connectivity index (χ2v) is 3.89. The van der Waals surface area contributed by atoms with Gasteiger partial charge in [0.2, 0.25) is 5.91 Å². The fourth-order valence-corrected chi connectivity index (χ4v) is 1.75. The van der Waals surface area contributed by atoms with Crippen LogP contribution in [0.1, 0.15) is 23.0 Å². The Kier molecular flexibility index (Phi) is 3.10. The molecule has 1 aliphatic rings. The molecule has 1 atom stereocenters. The molecule has 0 bridgehead atoms. The van der Waals surface area contributed by atoms with E-state index in [0.29, 0.717) is 5.69 Å². The molecule has 0 fully saturated rings. The Morgan fingerprint density at radius 2 is 2.17 bits per heavy atom. The van der Waals surface area contributed by atoms with Gasteiger partial charge >= 0.3 is 5.97 Å². The summed E-state index contributed by atoms with van der Waals surface area (Å²) in [6.45, 7) is 3.48. The molecule has 0 aromatic carbocycles. The van der Waals surface area contributed by atoms with Gasteiger partial charge in [-0.25, -0.2) is 4.98 Å². The smallest absolute Gasteiger partial charge is 0.326 e. The highest BCUT2D eigenvalue weighted by molar-refractivity contribution is 6.29. The van der Waals surface area contributed by atoms with E-state index >= 15 is 0 Å². The Morgan fingerprint density at radius 1 is 1.44 bits per heavy atom. The molecule has 0 saturated carbocycles. The Hall–Kier alpha value is -2.24. The average Bonchev–Trinajstić information content (AvgIpc) is 2.28. The third-order valence-electron chi connectivity index (χ3n) is 2.59. The first kappa shape index (κ1) is 12.2. The van der Waals surface area contributed by atoms with Crippen molar-refractivity contribution in [1.29, 1.82) is 0 Å². The number of carbonyl (C=O) groups is 3. The van der Waals surface area contributed by atoms with Crippen molar-refractivity contribution in [2.45, 2.75) is 13.8 Å². The van der Waals surface area contributed by atoms with E-state index in [1.54, 1.807) is 26.0 Å². The zero-order chi connectivity index (χ0) is 13.3. The van der Waals surface area contributed by atoms with Gasteiger partial charge in [0.05, 0.1) is 12.2 Å². The number of anilines is 1. The van der Waals surface area contributed by atoms with Crippen molar-refractivity contribution in [1.82, 2.24) is 4.98 Å². The van der Waals surface area contributed by atoms with Crippen LogP contribution in [0, 0.1) is 12.8 Å². The number of carbonyl (C=O) groups excluding carboxylic acids is 3. The van der Waals surface area contributed by atoms with E-state index in [2.05, 4.69) is 10.3 Å². The van der Waals surface area contributed by atoms with Crippen LogP contribution < -0.4 is 5.32 Å². The highest BCUT2D eigenvalue weighted by Crippen LogP contribution is 2.24. The minimum absolute atomic E-state index is 0.120. The highest BCUT2D eigenvalue weighted by Gasteiger charge is 2.41. The number of pyridine rings is 1. The number of nitrogens with zero attached hydrogens (tertiary/aromatic N) is 1. The van der Waals surface area contributed by atoms with Crippen molar-refractivity contribution >= 4 is 23.5 Å². The number of hydrogen-bond donors (Lipinski definition) is 1. The third-order valence-corrected chi connectivity index (χ3v) is 2.59. The standard InChI is InChI=1S/C12H12N2O4/c1-3-18-12(17)8-9(15)7-5-4-6(2)13-10(7)14-11(8)16/h4-5,8H,3H2,1-2H3,(H,13,14,16). The second-order valence-electron chi connectivity index (χ2n) is 3.89. The van der Waals surface area contributed by atoms with Crippen LogP contribution in [0.5, 0.6) is 0 Å². The number of amides is 1. The molecule has 1 N–H and O–H groups in total. The molecule has 1 amide bonds. The van der Waals surface area contributed by atoms with Gasteiger partial charge in [-0.2, -0.15) is 0 Å². The predicted octanol–water partition coefficient (Wildman–Crippen LogP) is 0.704. The highest BCUT2D eigenvalue weighted by atomic mass is 16.5. The summed E-state index contributed by atoms with van der Waals surface area (Å²) in [4.78, 5) is 39.4. The first-order valence-corrected chi connectivity index (χ1v) is 5.54. The minimum Gasteiger partial charge on any atom is -0.465 e. The first-order valence-electron chi connectivity index (χ1n) is 5.54. The minimum atomic E-state index is -1.43. The van der Waals surface area contributed by atoms with Gasteiger partial charge in [-0.1, -0.05) is 0 Å². The van der Waals surface area contributed by atoms with Crippen molar-refractivity contribution in [2.75, 3.05) is 11.9 Å². The monoisotopic (exact) mass is 248 g/mol. The molecule has 0 aliphatic carbocycles. The average molecular weight is 248 g/mol. The quantitative estimate of drug-likeness (QED) is 0.615. The van der Waals surface area contributed by atoms with Crippen LogP contribution in [0.4, 0.5) is 5.82 Å². The summed E-state index contributed by atoms with van der Waals surface area (Å²) >= 11 is 0. The van der Waals surface area contributed by atoms with Crippen LogP contribution in [0.15, 0.2) is 12.1 Å². The number of fused-ring (bicyclic) bond motifs is 1. The lowest BCUT2D eigenvalue weighted by molar-refractivity contribution is -0.148. The molecular weight excluding hydrogens is 236 g/mol. The molecule has 1 aromatic heterocycles. The van der Waals surface area contributed by atoms with Crippen molar-refractivity contribution in [3.05, 3.63) is 23.4 Å². The molecule has 18 heavy (non-hydrogen) atoms. The van der Waals surface area contributed by atoms with Crippen molar-refractivity contribution in [3.63, 3.8) is 0 Å².